The van der Waals surface area contributed by atoms with Crippen LogP contribution in [-0.2, 0) is 0 Å². The Labute approximate surface area is 109 Å². The predicted molar refractivity (Wildman–Crippen MR) is 75.0 cm³/mol. The van der Waals surface area contributed by atoms with E-state index in [4.69, 9.17) is 5.11 Å². The van der Waals surface area contributed by atoms with Crippen molar-refractivity contribution in [1.29, 1.82) is 0 Å². The summed E-state index contributed by atoms with van der Waals surface area (Å²) >= 11 is 0. The highest BCUT2D eigenvalue weighted by Gasteiger charge is 2.03. The second-order valence-corrected chi connectivity index (χ2v) is 4.39. The Hall–Kier alpha value is -1.36. The molecule has 5 heteroatoms. The molecule has 102 valence electrons. The molecular weight excluding hydrogens is 228 g/mol. The van der Waals surface area contributed by atoms with Crippen molar-refractivity contribution in [2.75, 3.05) is 37.0 Å². The van der Waals surface area contributed by atoms with Crippen LogP contribution in [0.3, 0.4) is 0 Å². The molecule has 1 heterocycles. The van der Waals surface area contributed by atoms with Crippen LogP contribution in [0.25, 0.3) is 0 Å². The second-order valence-electron chi connectivity index (χ2n) is 4.39. The van der Waals surface area contributed by atoms with E-state index >= 15 is 0 Å². The number of unbranched alkanes of at least 4 members (excludes halogenated alkanes) is 2. The van der Waals surface area contributed by atoms with Crippen molar-refractivity contribution < 1.29 is 5.11 Å². The lowest BCUT2D eigenvalue weighted by molar-refractivity contribution is 0.292. The Bertz CT molecular complexity index is 333. The largest absolute Gasteiger partial charge is 0.396 e. The molecule has 5 nitrogen and oxygen atoms in total. The van der Waals surface area contributed by atoms with Gasteiger partial charge in [0.05, 0.1) is 0 Å². The second kappa shape index (κ2) is 8.69. The van der Waals surface area contributed by atoms with E-state index in [1.807, 2.05) is 6.07 Å². The minimum absolute atomic E-state index is 0.196. The Morgan fingerprint density at radius 1 is 1.28 bits per heavy atom. The summed E-state index contributed by atoms with van der Waals surface area (Å²) in [5, 5.41) is 11.9. The summed E-state index contributed by atoms with van der Waals surface area (Å²) in [6.45, 7) is 4.14. The molecule has 0 aliphatic heterocycles. The molecule has 0 radical (unpaired) electrons. The summed E-state index contributed by atoms with van der Waals surface area (Å²) in [4.78, 5) is 10.6. The zero-order chi connectivity index (χ0) is 13.2. The van der Waals surface area contributed by atoms with E-state index in [-0.39, 0.29) is 6.61 Å². The van der Waals surface area contributed by atoms with Crippen LogP contribution in [0.2, 0.25) is 0 Å². The van der Waals surface area contributed by atoms with Gasteiger partial charge in [0, 0.05) is 32.8 Å². The van der Waals surface area contributed by atoms with Crippen molar-refractivity contribution in [2.45, 2.75) is 32.6 Å². The van der Waals surface area contributed by atoms with Crippen LogP contribution >= 0.6 is 0 Å². The van der Waals surface area contributed by atoms with E-state index in [0.717, 1.165) is 31.1 Å². The number of hydrogen-bond donors (Lipinski definition) is 2. The molecule has 0 atom stereocenters. The summed E-state index contributed by atoms with van der Waals surface area (Å²) in [5.74, 6) is 1.75. The number of nitrogens with one attached hydrogen (secondary N) is 1. The Morgan fingerprint density at radius 3 is 2.83 bits per heavy atom. The molecule has 0 aromatic carbocycles. The minimum atomic E-state index is 0.196. The van der Waals surface area contributed by atoms with E-state index in [2.05, 4.69) is 34.2 Å². The lowest BCUT2D eigenvalue weighted by Gasteiger charge is -2.18. The quantitative estimate of drug-likeness (QED) is 0.657. The minimum Gasteiger partial charge on any atom is -0.396 e. The molecule has 0 bridgehead atoms. The molecule has 0 saturated carbocycles. The van der Waals surface area contributed by atoms with Gasteiger partial charge in [-0.2, -0.15) is 0 Å². The van der Waals surface area contributed by atoms with Gasteiger partial charge in [-0.3, -0.25) is 0 Å². The molecule has 0 amide bonds. The lowest BCUT2D eigenvalue weighted by Crippen LogP contribution is -2.20. The smallest absolute Gasteiger partial charge is 0.133 e. The molecule has 0 fully saturated rings. The predicted octanol–water partition coefficient (Wildman–Crippen LogP) is 1.90. The fourth-order valence-corrected chi connectivity index (χ4v) is 1.66. The number of aromatic nitrogens is 2. The fraction of sp³-hybridized carbons (Fsp3) is 0.692. The number of aliphatic hydroxyl groups excluding tert-OH is 1. The molecule has 1 aromatic heterocycles. The average molecular weight is 252 g/mol. The first kappa shape index (κ1) is 14.7. The van der Waals surface area contributed by atoms with Gasteiger partial charge in [-0.25, -0.2) is 9.97 Å². The summed E-state index contributed by atoms with van der Waals surface area (Å²) < 4.78 is 0. The first-order valence-electron chi connectivity index (χ1n) is 6.65. The zero-order valence-electron chi connectivity index (χ0n) is 11.4. The number of nitrogens with zero attached hydrogens (tertiary/aromatic N) is 3. The van der Waals surface area contributed by atoms with E-state index in [0.29, 0.717) is 0 Å². The topological polar surface area (TPSA) is 61.3 Å². The van der Waals surface area contributed by atoms with Crippen LogP contribution in [0.5, 0.6) is 0 Å². The number of rotatable bonds is 9. The van der Waals surface area contributed by atoms with E-state index in [1.54, 1.807) is 6.33 Å². The number of aliphatic hydroxyl groups is 1. The maximum Gasteiger partial charge on any atom is 0.133 e. The van der Waals surface area contributed by atoms with E-state index in [1.165, 1.54) is 19.3 Å². The van der Waals surface area contributed by atoms with Crippen molar-refractivity contribution in [3.8, 4) is 0 Å². The highest BCUT2D eigenvalue weighted by atomic mass is 16.3. The summed E-state index contributed by atoms with van der Waals surface area (Å²) in [6.07, 6.45) is 5.96. The summed E-state index contributed by atoms with van der Waals surface area (Å²) in [6, 6.07) is 1.95. The van der Waals surface area contributed by atoms with Crippen LogP contribution in [0.15, 0.2) is 12.4 Å². The molecule has 1 aromatic rings. The number of hydrogen-bond acceptors (Lipinski definition) is 5. The molecule has 2 N–H and O–H groups in total. The molecule has 1 rings (SSSR count). The van der Waals surface area contributed by atoms with Crippen LogP contribution in [-0.4, -0.2) is 41.8 Å². The zero-order valence-corrected chi connectivity index (χ0v) is 11.4. The molecule has 18 heavy (non-hydrogen) atoms. The van der Waals surface area contributed by atoms with Crippen molar-refractivity contribution in [3.05, 3.63) is 12.4 Å². The van der Waals surface area contributed by atoms with Crippen molar-refractivity contribution in [2.24, 2.45) is 0 Å². The highest BCUT2D eigenvalue weighted by Crippen LogP contribution is 2.13. The van der Waals surface area contributed by atoms with Crippen molar-refractivity contribution in [3.63, 3.8) is 0 Å². The standard InChI is InChI=1S/C13H24N4O/c1-3-4-5-8-17(2)13-10-12(15-11-16-13)14-7-6-9-18/h10-11,18H,3-9H2,1-2H3,(H,14,15,16). The first-order valence-corrected chi connectivity index (χ1v) is 6.65. The molecule has 0 aliphatic carbocycles. The van der Waals surface area contributed by atoms with Crippen LogP contribution in [0, 0.1) is 0 Å². The SMILES string of the molecule is CCCCCN(C)c1cc(NCCCO)ncn1. The third kappa shape index (κ3) is 5.31. The maximum atomic E-state index is 8.73. The fourth-order valence-electron chi connectivity index (χ4n) is 1.66. The van der Waals surface area contributed by atoms with Gasteiger partial charge in [-0.15, -0.1) is 0 Å². The van der Waals surface area contributed by atoms with Gasteiger partial charge in [0.2, 0.25) is 0 Å². The van der Waals surface area contributed by atoms with Gasteiger partial charge in [-0.05, 0) is 12.8 Å². The summed E-state index contributed by atoms with van der Waals surface area (Å²) in [7, 11) is 2.05. The third-order valence-corrected chi connectivity index (χ3v) is 2.78. The number of anilines is 2. The van der Waals surface area contributed by atoms with Gasteiger partial charge in [-0.1, -0.05) is 19.8 Å². The monoisotopic (exact) mass is 252 g/mol. The normalized spacial score (nSPS) is 10.4. The first-order chi connectivity index (χ1) is 8.77. The van der Waals surface area contributed by atoms with Crippen LogP contribution in [0.1, 0.15) is 32.6 Å². The molecule has 0 aliphatic rings. The third-order valence-electron chi connectivity index (χ3n) is 2.78. The van der Waals surface area contributed by atoms with Gasteiger partial charge in [0.25, 0.3) is 0 Å². The van der Waals surface area contributed by atoms with Crippen LogP contribution in [0.4, 0.5) is 11.6 Å². The lowest BCUT2D eigenvalue weighted by atomic mass is 10.2. The molecule has 0 saturated heterocycles. The van der Waals surface area contributed by atoms with E-state index in [9.17, 15) is 0 Å². The van der Waals surface area contributed by atoms with Gasteiger partial charge < -0.3 is 15.3 Å². The van der Waals surface area contributed by atoms with Crippen molar-refractivity contribution >= 4 is 11.6 Å². The van der Waals surface area contributed by atoms with E-state index < -0.39 is 0 Å². The summed E-state index contributed by atoms with van der Waals surface area (Å²) in [5.41, 5.74) is 0. The highest BCUT2D eigenvalue weighted by molar-refractivity contribution is 5.47. The Balaban J connectivity index is 2.47. The molecule has 0 unspecified atom stereocenters. The van der Waals surface area contributed by atoms with Crippen molar-refractivity contribution in [1.82, 2.24) is 9.97 Å². The maximum absolute atomic E-state index is 8.73. The Kier molecular flexibility index (Phi) is 7.10. The van der Waals surface area contributed by atoms with Gasteiger partial charge >= 0.3 is 0 Å². The van der Waals surface area contributed by atoms with Crippen LogP contribution < -0.4 is 10.2 Å². The van der Waals surface area contributed by atoms with Gasteiger partial charge in [0.1, 0.15) is 18.0 Å². The average Bonchev–Trinajstić information content (AvgIpc) is 2.39. The Morgan fingerprint density at radius 2 is 2.11 bits per heavy atom. The molecular formula is C13H24N4O. The molecule has 0 spiro atoms. The van der Waals surface area contributed by atoms with Gasteiger partial charge in [0.15, 0.2) is 0 Å².